The molecule has 0 bridgehead atoms. The smallest absolute Gasteiger partial charge is 0.224 e. The van der Waals surface area contributed by atoms with Crippen LogP contribution in [0.25, 0.3) is 0 Å². The number of hydrogen-bond donors (Lipinski definition) is 1. The predicted molar refractivity (Wildman–Crippen MR) is 58.2 cm³/mol. The molecule has 0 aromatic rings. The fourth-order valence-electron chi connectivity index (χ4n) is 2.06. The molecule has 1 N–H and O–H groups in total. The van der Waals surface area contributed by atoms with Crippen molar-refractivity contribution >= 4 is 11.8 Å². The Balaban J connectivity index is 2.86. The van der Waals surface area contributed by atoms with Crippen LogP contribution in [0, 0.1) is 5.92 Å². The minimum Gasteiger partial charge on any atom is -0.353 e. The van der Waals surface area contributed by atoms with Crippen LogP contribution < -0.4 is 5.32 Å². The number of likely N-dealkylation sites (tertiary alicyclic amines) is 1. The van der Waals surface area contributed by atoms with E-state index in [4.69, 9.17) is 0 Å². The minimum atomic E-state index is -0.206. The van der Waals surface area contributed by atoms with Gasteiger partial charge in [0.05, 0.1) is 0 Å². The molecule has 1 heterocycles. The largest absolute Gasteiger partial charge is 0.353 e. The molecule has 2 atom stereocenters. The third-order valence-electron chi connectivity index (χ3n) is 3.74. The summed E-state index contributed by atoms with van der Waals surface area (Å²) in [5.74, 6) is 0.279. The topological polar surface area (TPSA) is 49.4 Å². The fourth-order valence-corrected chi connectivity index (χ4v) is 2.06. The molecule has 2 unspecified atom stereocenters. The van der Waals surface area contributed by atoms with Crippen molar-refractivity contribution in [3.8, 4) is 0 Å². The lowest BCUT2D eigenvalue weighted by atomic mass is 9.77. The molecule has 0 saturated carbocycles. The Morgan fingerprint density at radius 1 is 1.53 bits per heavy atom. The molecule has 2 amide bonds. The van der Waals surface area contributed by atoms with E-state index in [0.29, 0.717) is 6.42 Å². The van der Waals surface area contributed by atoms with Gasteiger partial charge in [0.25, 0.3) is 0 Å². The maximum Gasteiger partial charge on any atom is 0.224 e. The molecular formula is C11H20N2O2. The fraction of sp³-hybridized carbons (Fsp3) is 0.818. The van der Waals surface area contributed by atoms with E-state index in [2.05, 4.69) is 12.2 Å². The Bertz CT molecular complexity index is 286. The van der Waals surface area contributed by atoms with E-state index in [0.717, 1.165) is 0 Å². The lowest BCUT2D eigenvalue weighted by Crippen LogP contribution is -2.61. The van der Waals surface area contributed by atoms with E-state index < -0.39 is 0 Å². The van der Waals surface area contributed by atoms with Gasteiger partial charge >= 0.3 is 0 Å². The van der Waals surface area contributed by atoms with Gasteiger partial charge in [0.1, 0.15) is 0 Å². The Morgan fingerprint density at radius 2 is 2.07 bits per heavy atom. The van der Waals surface area contributed by atoms with Crippen molar-refractivity contribution in [2.24, 2.45) is 5.92 Å². The normalized spacial score (nSPS) is 30.2. The first-order valence-corrected chi connectivity index (χ1v) is 5.30. The van der Waals surface area contributed by atoms with Gasteiger partial charge < -0.3 is 10.2 Å². The van der Waals surface area contributed by atoms with Crippen molar-refractivity contribution in [3.63, 3.8) is 0 Å². The highest BCUT2D eigenvalue weighted by Crippen LogP contribution is 2.32. The number of hydrogen-bond acceptors (Lipinski definition) is 2. The Kier molecular flexibility index (Phi) is 3.07. The average molecular weight is 212 g/mol. The third kappa shape index (κ3) is 2.13. The van der Waals surface area contributed by atoms with Crippen LogP contribution in [0.5, 0.6) is 0 Å². The Hall–Kier alpha value is -1.06. The van der Waals surface area contributed by atoms with Crippen molar-refractivity contribution in [3.05, 3.63) is 0 Å². The highest BCUT2D eigenvalue weighted by Gasteiger charge is 2.43. The molecule has 1 rings (SSSR count). The molecule has 15 heavy (non-hydrogen) atoms. The summed E-state index contributed by atoms with van der Waals surface area (Å²) in [5.41, 5.74) is -0.206. The van der Waals surface area contributed by atoms with E-state index >= 15 is 0 Å². The van der Waals surface area contributed by atoms with Crippen LogP contribution in [0.4, 0.5) is 0 Å². The average Bonchev–Trinajstić information content (AvgIpc) is 2.11. The first-order valence-electron chi connectivity index (χ1n) is 5.30. The molecule has 4 nitrogen and oxygen atoms in total. The molecule has 4 heteroatoms. The first-order chi connectivity index (χ1) is 6.76. The van der Waals surface area contributed by atoms with Gasteiger partial charge in [-0.25, -0.2) is 0 Å². The van der Waals surface area contributed by atoms with Crippen LogP contribution in [0.1, 0.15) is 34.1 Å². The van der Waals surface area contributed by atoms with Gasteiger partial charge in [-0.05, 0) is 19.8 Å². The highest BCUT2D eigenvalue weighted by molar-refractivity contribution is 5.80. The van der Waals surface area contributed by atoms with Crippen molar-refractivity contribution < 1.29 is 9.59 Å². The standard InChI is InChI=1S/C11H20N2O2/c1-7-9(12-8(2)14)6-10(15)13(5)11(7,3)4/h7,9H,6H2,1-5H3,(H,12,14). The number of carbonyl (C=O) groups excluding carboxylic acids is 2. The van der Waals surface area contributed by atoms with Crippen LogP contribution in [-0.4, -0.2) is 35.3 Å². The lowest BCUT2D eigenvalue weighted by Gasteiger charge is -2.48. The summed E-state index contributed by atoms with van der Waals surface area (Å²) in [6.45, 7) is 7.62. The number of nitrogens with zero attached hydrogens (tertiary/aromatic N) is 1. The maximum atomic E-state index is 11.7. The van der Waals surface area contributed by atoms with E-state index in [1.54, 1.807) is 4.90 Å². The number of amides is 2. The van der Waals surface area contributed by atoms with Crippen LogP contribution in [-0.2, 0) is 9.59 Å². The molecule has 1 aliphatic heterocycles. The minimum absolute atomic E-state index is 0.0406. The van der Waals surface area contributed by atoms with Crippen molar-refractivity contribution in [2.45, 2.75) is 45.7 Å². The number of rotatable bonds is 1. The summed E-state index contributed by atoms with van der Waals surface area (Å²) < 4.78 is 0. The van der Waals surface area contributed by atoms with E-state index in [1.165, 1.54) is 6.92 Å². The molecule has 0 radical (unpaired) electrons. The number of piperidine rings is 1. The van der Waals surface area contributed by atoms with Crippen LogP contribution >= 0.6 is 0 Å². The van der Waals surface area contributed by atoms with Crippen LogP contribution in [0.2, 0.25) is 0 Å². The zero-order chi connectivity index (χ0) is 11.8. The zero-order valence-electron chi connectivity index (χ0n) is 10.1. The second-order valence-electron chi connectivity index (χ2n) is 4.91. The molecule has 0 spiro atoms. The van der Waals surface area contributed by atoms with E-state index in [1.807, 2.05) is 20.9 Å². The third-order valence-corrected chi connectivity index (χ3v) is 3.74. The SMILES string of the molecule is CC(=O)NC1CC(=O)N(C)C(C)(C)C1C. The summed E-state index contributed by atoms with van der Waals surface area (Å²) in [6, 6.07) is -0.0406. The molecule has 1 fully saturated rings. The monoisotopic (exact) mass is 212 g/mol. The quantitative estimate of drug-likeness (QED) is 0.698. The molecule has 0 aromatic heterocycles. The van der Waals surface area contributed by atoms with Crippen LogP contribution in [0.15, 0.2) is 0 Å². The van der Waals surface area contributed by atoms with Gasteiger partial charge in [-0.2, -0.15) is 0 Å². The second kappa shape index (κ2) is 3.83. The molecule has 86 valence electrons. The maximum absolute atomic E-state index is 11.7. The molecule has 0 aliphatic carbocycles. The summed E-state index contributed by atoms with van der Waals surface area (Å²) in [5, 5.41) is 2.85. The lowest BCUT2D eigenvalue weighted by molar-refractivity contribution is -0.143. The van der Waals surface area contributed by atoms with Crippen LogP contribution in [0.3, 0.4) is 0 Å². The van der Waals surface area contributed by atoms with Crippen molar-refractivity contribution in [1.82, 2.24) is 10.2 Å². The van der Waals surface area contributed by atoms with Gasteiger partial charge in [-0.3, -0.25) is 9.59 Å². The zero-order valence-corrected chi connectivity index (χ0v) is 10.1. The summed E-state index contributed by atoms with van der Waals surface area (Å²) >= 11 is 0. The van der Waals surface area contributed by atoms with Crippen molar-refractivity contribution in [2.75, 3.05) is 7.05 Å². The Labute approximate surface area is 91.0 Å². The van der Waals surface area contributed by atoms with Gasteiger partial charge in [0, 0.05) is 32.0 Å². The molecular weight excluding hydrogens is 192 g/mol. The second-order valence-corrected chi connectivity index (χ2v) is 4.91. The molecule has 0 aromatic carbocycles. The first kappa shape index (κ1) is 12.0. The van der Waals surface area contributed by atoms with Gasteiger partial charge in [-0.1, -0.05) is 6.92 Å². The van der Waals surface area contributed by atoms with Gasteiger partial charge in [0.2, 0.25) is 11.8 Å². The summed E-state index contributed by atoms with van der Waals surface area (Å²) in [7, 11) is 1.82. The molecule has 1 aliphatic rings. The highest BCUT2D eigenvalue weighted by atomic mass is 16.2. The number of carbonyl (C=O) groups is 2. The van der Waals surface area contributed by atoms with Gasteiger partial charge in [-0.15, -0.1) is 0 Å². The van der Waals surface area contributed by atoms with E-state index in [9.17, 15) is 9.59 Å². The number of nitrogens with one attached hydrogen (secondary N) is 1. The molecule has 1 saturated heterocycles. The van der Waals surface area contributed by atoms with Gasteiger partial charge in [0.15, 0.2) is 0 Å². The predicted octanol–water partition coefficient (Wildman–Crippen LogP) is 0.768. The summed E-state index contributed by atoms with van der Waals surface area (Å²) in [4.78, 5) is 24.5. The Morgan fingerprint density at radius 3 is 2.53 bits per heavy atom. The summed E-state index contributed by atoms with van der Waals surface area (Å²) in [6.07, 6.45) is 0.403. The van der Waals surface area contributed by atoms with Crippen molar-refractivity contribution in [1.29, 1.82) is 0 Å². The van der Waals surface area contributed by atoms with E-state index in [-0.39, 0.29) is 29.3 Å².